The highest BCUT2D eigenvalue weighted by Gasteiger charge is 2.30. The predicted octanol–water partition coefficient (Wildman–Crippen LogP) is 2.10. The average molecular weight is 250 g/mol. The zero-order valence-corrected chi connectivity index (χ0v) is 8.98. The topological polar surface area (TPSA) is 38.7 Å². The molecule has 0 aliphatic rings. The Morgan fingerprint density at radius 2 is 1.76 bits per heavy atom. The van der Waals surface area contributed by atoms with E-state index in [4.69, 9.17) is 9.84 Å². The van der Waals surface area contributed by atoms with Crippen molar-refractivity contribution < 1.29 is 27.8 Å². The Kier molecular flexibility index (Phi) is 5.40. The van der Waals surface area contributed by atoms with Crippen molar-refractivity contribution in [3.05, 3.63) is 35.9 Å². The van der Waals surface area contributed by atoms with Crippen LogP contribution in [0.2, 0.25) is 0 Å². The van der Waals surface area contributed by atoms with Gasteiger partial charge in [-0.15, -0.1) is 13.2 Å². The van der Waals surface area contributed by atoms with Crippen molar-refractivity contribution in [3.63, 3.8) is 0 Å². The van der Waals surface area contributed by atoms with E-state index in [1.165, 1.54) is 0 Å². The molecule has 1 atom stereocenters. The molecule has 1 rings (SSSR count). The fourth-order valence-corrected chi connectivity index (χ4v) is 1.13. The molecule has 3 nitrogen and oxygen atoms in total. The minimum absolute atomic E-state index is 0.203. The quantitative estimate of drug-likeness (QED) is 0.840. The van der Waals surface area contributed by atoms with Crippen LogP contribution in [0.1, 0.15) is 5.56 Å². The number of hydrogen-bond acceptors (Lipinski definition) is 3. The Hall–Kier alpha value is -1.11. The molecule has 0 bridgehead atoms. The number of halogens is 3. The smallest absolute Gasteiger partial charge is 0.388 e. The van der Waals surface area contributed by atoms with E-state index in [-0.39, 0.29) is 13.2 Å². The highest BCUT2D eigenvalue weighted by Crippen LogP contribution is 2.16. The third-order valence-electron chi connectivity index (χ3n) is 1.86. The van der Waals surface area contributed by atoms with Gasteiger partial charge in [-0.1, -0.05) is 30.3 Å². The number of hydrogen-bond donors (Lipinski definition) is 1. The second kappa shape index (κ2) is 6.58. The molecule has 0 saturated carbocycles. The van der Waals surface area contributed by atoms with Gasteiger partial charge < -0.3 is 9.84 Å². The van der Waals surface area contributed by atoms with Crippen molar-refractivity contribution in [3.8, 4) is 0 Å². The molecule has 0 heterocycles. The van der Waals surface area contributed by atoms with Crippen molar-refractivity contribution in [2.24, 2.45) is 0 Å². The molecule has 1 aromatic carbocycles. The predicted molar refractivity (Wildman–Crippen MR) is 54.1 cm³/mol. The molecule has 1 aromatic rings. The summed E-state index contributed by atoms with van der Waals surface area (Å²) in [5.74, 6) is 0. The van der Waals surface area contributed by atoms with Crippen molar-refractivity contribution in [1.82, 2.24) is 0 Å². The highest BCUT2D eigenvalue weighted by atomic mass is 19.4. The molecule has 1 unspecified atom stereocenters. The minimum Gasteiger partial charge on any atom is -0.388 e. The molecule has 0 aliphatic heterocycles. The van der Waals surface area contributed by atoms with E-state index in [2.05, 4.69) is 4.74 Å². The normalized spacial score (nSPS) is 13.6. The fraction of sp³-hybridized carbons (Fsp3) is 0.455. The lowest BCUT2D eigenvalue weighted by Crippen LogP contribution is -2.26. The van der Waals surface area contributed by atoms with E-state index < -0.39 is 19.1 Å². The summed E-state index contributed by atoms with van der Waals surface area (Å²) in [6.45, 7) is -0.785. The molecule has 0 spiro atoms. The van der Waals surface area contributed by atoms with Crippen LogP contribution >= 0.6 is 0 Å². The van der Waals surface area contributed by atoms with Crippen molar-refractivity contribution in [2.45, 2.75) is 19.1 Å². The van der Waals surface area contributed by atoms with E-state index in [0.717, 1.165) is 5.56 Å². The van der Waals surface area contributed by atoms with E-state index in [0.29, 0.717) is 0 Å². The number of alkyl halides is 3. The molecular formula is C11H13F3O3. The van der Waals surface area contributed by atoms with Gasteiger partial charge in [-0.05, 0) is 5.56 Å². The van der Waals surface area contributed by atoms with Crippen LogP contribution in [0, 0.1) is 0 Å². The third kappa shape index (κ3) is 6.93. The zero-order chi connectivity index (χ0) is 12.7. The summed E-state index contributed by atoms with van der Waals surface area (Å²) in [5.41, 5.74) is 0.886. The largest absolute Gasteiger partial charge is 0.522 e. The van der Waals surface area contributed by atoms with Crippen LogP contribution < -0.4 is 0 Å². The number of benzene rings is 1. The Balaban J connectivity index is 2.14. The Bertz CT molecular complexity index is 313. The van der Waals surface area contributed by atoms with Crippen LogP contribution in [0.4, 0.5) is 13.2 Å². The van der Waals surface area contributed by atoms with Gasteiger partial charge in [-0.25, -0.2) is 0 Å². The number of aliphatic hydroxyl groups is 1. The van der Waals surface area contributed by atoms with Gasteiger partial charge in [0.25, 0.3) is 0 Å². The van der Waals surface area contributed by atoms with Crippen molar-refractivity contribution in [1.29, 1.82) is 0 Å². The molecule has 0 aliphatic carbocycles. The van der Waals surface area contributed by atoms with E-state index in [9.17, 15) is 13.2 Å². The molecule has 96 valence electrons. The fourth-order valence-electron chi connectivity index (χ4n) is 1.13. The van der Waals surface area contributed by atoms with Crippen LogP contribution in [0.25, 0.3) is 0 Å². The lowest BCUT2D eigenvalue weighted by Gasteiger charge is -2.13. The summed E-state index contributed by atoms with van der Waals surface area (Å²) < 4.78 is 43.4. The minimum atomic E-state index is -4.72. The molecular weight excluding hydrogens is 237 g/mol. The summed E-state index contributed by atoms with van der Waals surface area (Å²) in [6.07, 6.45) is -6.01. The van der Waals surface area contributed by atoms with Crippen LogP contribution in [-0.4, -0.2) is 30.8 Å². The van der Waals surface area contributed by atoms with Gasteiger partial charge in [-0.3, -0.25) is 4.74 Å². The van der Waals surface area contributed by atoms with Crippen LogP contribution in [0.15, 0.2) is 30.3 Å². The van der Waals surface area contributed by atoms with E-state index in [1.807, 2.05) is 30.3 Å². The zero-order valence-electron chi connectivity index (χ0n) is 8.98. The molecule has 0 radical (unpaired) electrons. The molecule has 0 amide bonds. The van der Waals surface area contributed by atoms with Crippen LogP contribution in [0.3, 0.4) is 0 Å². The first kappa shape index (κ1) is 14.0. The standard InChI is InChI=1S/C11H13F3O3/c12-11(13,14)17-8-10(15)7-16-6-9-4-2-1-3-5-9/h1-5,10,15H,6-8H2. The van der Waals surface area contributed by atoms with Crippen molar-refractivity contribution in [2.75, 3.05) is 13.2 Å². The monoisotopic (exact) mass is 250 g/mol. The molecule has 0 fully saturated rings. The van der Waals surface area contributed by atoms with Gasteiger partial charge in [0.15, 0.2) is 0 Å². The van der Waals surface area contributed by atoms with Gasteiger partial charge in [-0.2, -0.15) is 0 Å². The number of rotatable bonds is 6. The Morgan fingerprint density at radius 1 is 1.12 bits per heavy atom. The number of ether oxygens (including phenoxy) is 2. The lowest BCUT2D eigenvalue weighted by molar-refractivity contribution is -0.331. The summed E-state index contributed by atoms with van der Waals surface area (Å²) in [6, 6.07) is 9.12. The Morgan fingerprint density at radius 3 is 2.35 bits per heavy atom. The lowest BCUT2D eigenvalue weighted by atomic mass is 10.2. The average Bonchev–Trinajstić information content (AvgIpc) is 2.27. The van der Waals surface area contributed by atoms with E-state index in [1.54, 1.807) is 0 Å². The maximum Gasteiger partial charge on any atom is 0.522 e. The van der Waals surface area contributed by atoms with Crippen molar-refractivity contribution >= 4 is 0 Å². The SMILES string of the molecule is OC(COCc1ccccc1)COC(F)(F)F. The van der Waals surface area contributed by atoms with Gasteiger partial charge in [0.2, 0.25) is 0 Å². The van der Waals surface area contributed by atoms with Gasteiger partial charge in [0, 0.05) is 0 Å². The highest BCUT2D eigenvalue weighted by molar-refractivity contribution is 5.13. The molecule has 0 saturated heterocycles. The maximum absolute atomic E-state index is 11.6. The van der Waals surface area contributed by atoms with Gasteiger partial charge in [0.1, 0.15) is 6.10 Å². The first-order chi connectivity index (χ1) is 7.97. The van der Waals surface area contributed by atoms with Gasteiger partial charge in [0.05, 0.1) is 19.8 Å². The second-order valence-electron chi connectivity index (χ2n) is 3.41. The number of aliphatic hydroxyl groups excluding tert-OH is 1. The summed E-state index contributed by atoms with van der Waals surface area (Å²) in [5, 5.41) is 9.14. The first-order valence-corrected chi connectivity index (χ1v) is 4.98. The maximum atomic E-state index is 11.6. The van der Waals surface area contributed by atoms with Crippen LogP contribution in [0.5, 0.6) is 0 Å². The summed E-state index contributed by atoms with van der Waals surface area (Å²) >= 11 is 0. The molecule has 6 heteroatoms. The summed E-state index contributed by atoms with van der Waals surface area (Å²) in [4.78, 5) is 0. The first-order valence-electron chi connectivity index (χ1n) is 4.98. The molecule has 17 heavy (non-hydrogen) atoms. The second-order valence-corrected chi connectivity index (χ2v) is 3.41. The molecule has 1 N–H and O–H groups in total. The van der Waals surface area contributed by atoms with Gasteiger partial charge >= 0.3 is 6.36 Å². The summed E-state index contributed by atoms with van der Waals surface area (Å²) in [7, 11) is 0. The van der Waals surface area contributed by atoms with E-state index >= 15 is 0 Å². The molecule has 0 aromatic heterocycles. The third-order valence-corrected chi connectivity index (χ3v) is 1.86. The van der Waals surface area contributed by atoms with Crippen LogP contribution in [-0.2, 0) is 16.1 Å². The Labute approximate surface area is 96.8 Å².